The van der Waals surface area contributed by atoms with E-state index in [9.17, 15) is 0 Å². The Bertz CT molecular complexity index is 2800. The lowest BCUT2D eigenvalue weighted by molar-refractivity contribution is 0.587. The van der Waals surface area contributed by atoms with E-state index in [1.807, 2.05) is 23.5 Å². The maximum atomic E-state index is 15.1. The molecule has 0 unspecified atom stereocenters. The molecule has 0 saturated heterocycles. The van der Waals surface area contributed by atoms with Crippen LogP contribution in [-0.4, -0.2) is 0 Å². The number of fused-ring (bicyclic) bond motifs is 9. The van der Waals surface area contributed by atoms with E-state index in [0.717, 1.165) is 22.5 Å². The zero-order valence-corrected chi connectivity index (χ0v) is 33.3. The molecule has 0 radical (unpaired) electrons. The van der Waals surface area contributed by atoms with E-state index in [-0.39, 0.29) is 22.1 Å². The Morgan fingerprint density at radius 1 is 0.545 bits per heavy atom. The predicted octanol–water partition coefficient (Wildman–Crippen LogP) is 15.2. The third-order valence-corrected chi connectivity index (χ3v) is 13.5. The molecule has 1 aromatic heterocycles. The number of nitrogens with zero attached hydrogens (tertiary/aromatic N) is 1. The van der Waals surface area contributed by atoms with Crippen LogP contribution in [0, 0.1) is 5.82 Å². The zero-order chi connectivity index (χ0) is 38.0. The Kier molecular flexibility index (Phi) is 7.26. The standard InChI is InChI=1S/C52H44FNS/c1-50(2,3)46-44-37-21-8-12-23-39(37)51(4,5)47(44)49(48-45(46)38-22-9-13-24-40(38)52(48,6)7)54(41-25-14-10-19-34(41)31-17-16-18-32(53)29-31)33-27-28-36-35-20-11-15-26-42(35)55-43(36)30-33/h8-30H,1-7H3. The molecule has 2 aliphatic carbocycles. The molecule has 0 amide bonds. The van der Waals surface area contributed by atoms with Gasteiger partial charge in [0.2, 0.25) is 0 Å². The average molecular weight is 734 g/mol. The number of benzene rings is 7. The zero-order valence-electron chi connectivity index (χ0n) is 32.5. The van der Waals surface area contributed by atoms with Gasteiger partial charge in [0, 0.05) is 42.3 Å². The van der Waals surface area contributed by atoms with Gasteiger partial charge in [-0.3, -0.25) is 0 Å². The van der Waals surface area contributed by atoms with Gasteiger partial charge in [0.15, 0.2) is 0 Å². The minimum absolute atomic E-state index is 0.159. The molecule has 1 nitrogen and oxygen atoms in total. The lowest BCUT2D eigenvalue weighted by atomic mass is 9.70. The molecule has 10 rings (SSSR count). The van der Waals surface area contributed by atoms with Gasteiger partial charge in [-0.05, 0) is 97.4 Å². The van der Waals surface area contributed by atoms with Crippen molar-refractivity contribution >= 4 is 48.6 Å². The number of thiophene rings is 1. The number of para-hydroxylation sites is 1. The van der Waals surface area contributed by atoms with Crippen molar-refractivity contribution in [1.82, 2.24) is 0 Å². The first kappa shape index (κ1) is 34.0. The van der Waals surface area contributed by atoms with Gasteiger partial charge < -0.3 is 4.90 Å². The van der Waals surface area contributed by atoms with Crippen molar-refractivity contribution in [2.45, 2.75) is 64.7 Å². The second-order valence-corrected chi connectivity index (χ2v) is 18.5. The number of hydrogen-bond donors (Lipinski definition) is 0. The lowest BCUT2D eigenvalue weighted by Crippen LogP contribution is -2.28. The summed E-state index contributed by atoms with van der Waals surface area (Å²) in [6.07, 6.45) is 0. The molecule has 1 heterocycles. The fraction of sp³-hybridized carbons (Fsp3) is 0.192. The second kappa shape index (κ2) is 11.7. The summed E-state index contributed by atoms with van der Waals surface area (Å²) in [5, 5.41) is 2.55. The summed E-state index contributed by atoms with van der Waals surface area (Å²) in [5.74, 6) is -0.241. The van der Waals surface area contributed by atoms with Crippen LogP contribution in [0.3, 0.4) is 0 Å². The van der Waals surface area contributed by atoms with Crippen LogP contribution in [0.15, 0.2) is 140 Å². The van der Waals surface area contributed by atoms with Crippen molar-refractivity contribution in [3.8, 4) is 33.4 Å². The highest BCUT2D eigenvalue weighted by Gasteiger charge is 2.50. The fourth-order valence-electron chi connectivity index (χ4n) is 10.0. The Morgan fingerprint density at radius 3 is 1.75 bits per heavy atom. The quantitative estimate of drug-likeness (QED) is 0.174. The van der Waals surface area contributed by atoms with Crippen LogP contribution >= 0.6 is 11.3 Å². The van der Waals surface area contributed by atoms with Gasteiger partial charge >= 0.3 is 0 Å². The molecule has 0 aliphatic heterocycles. The van der Waals surface area contributed by atoms with Gasteiger partial charge in [-0.15, -0.1) is 11.3 Å². The highest BCUT2D eigenvalue weighted by atomic mass is 32.1. The Labute approximate surface area is 327 Å². The normalized spacial score (nSPS) is 14.8. The second-order valence-electron chi connectivity index (χ2n) is 17.5. The van der Waals surface area contributed by atoms with E-state index in [1.165, 1.54) is 82.0 Å². The molecule has 7 aromatic carbocycles. The van der Waals surface area contributed by atoms with Gasteiger partial charge in [-0.2, -0.15) is 0 Å². The molecule has 0 fully saturated rings. The number of anilines is 3. The first-order chi connectivity index (χ1) is 26.4. The van der Waals surface area contributed by atoms with E-state index in [0.29, 0.717) is 0 Å². The van der Waals surface area contributed by atoms with Crippen LogP contribution in [0.5, 0.6) is 0 Å². The summed E-state index contributed by atoms with van der Waals surface area (Å²) in [6, 6.07) is 49.5. The molecule has 0 N–H and O–H groups in total. The van der Waals surface area contributed by atoms with Crippen molar-refractivity contribution in [3.63, 3.8) is 0 Å². The fourth-order valence-corrected chi connectivity index (χ4v) is 11.2. The SMILES string of the molecule is CC(C)(C)c1c2c(c(N(c3ccc4c(c3)sc3ccccc34)c3ccccc3-c3cccc(F)c3)c3c1-c1ccccc1C3(C)C)C(C)(C)c1ccccc1-2. The Hall–Kier alpha value is -5.51. The first-order valence-corrected chi connectivity index (χ1v) is 20.2. The van der Waals surface area contributed by atoms with Gasteiger partial charge in [-0.25, -0.2) is 4.39 Å². The minimum atomic E-state index is -0.324. The van der Waals surface area contributed by atoms with Crippen molar-refractivity contribution in [3.05, 3.63) is 173 Å². The monoisotopic (exact) mass is 733 g/mol. The Morgan fingerprint density at radius 2 is 1.11 bits per heavy atom. The van der Waals surface area contributed by atoms with E-state index >= 15 is 4.39 Å². The highest BCUT2D eigenvalue weighted by molar-refractivity contribution is 7.25. The molecule has 3 heteroatoms. The summed E-state index contributed by atoms with van der Waals surface area (Å²) in [4.78, 5) is 2.55. The molecule has 0 atom stereocenters. The van der Waals surface area contributed by atoms with E-state index < -0.39 is 0 Å². The topological polar surface area (TPSA) is 3.24 Å². The van der Waals surface area contributed by atoms with Crippen molar-refractivity contribution < 1.29 is 4.39 Å². The van der Waals surface area contributed by atoms with Crippen LogP contribution in [0.2, 0.25) is 0 Å². The minimum Gasteiger partial charge on any atom is -0.309 e. The van der Waals surface area contributed by atoms with Crippen molar-refractivity contribution in [2.24, 2.45) is 0 Å². The average Bonchev–Trinajstić information content (AvgIpc) is 3.74. The third kappa shape index (κ3) is 4.82. The van der Waals surface area contributed by atoms with Crippen LogP contribution in [0.4, 0.5) is 21.5 Å². The van der Waals surface area contributed by atoms with E-state index in [2.05, 4.69) is 169 Å². The summed E-state index contributed by atoms with van der Waals surface area (Å²) >= 11 is 1.85. The molecule has 270 valence electrons. The molecule has 55 heavy (non-hydrogen) atoms. The third-order valence-electron chi connectivity index (χ3n) is 12.3. The molecular formula is C52H44FNS. The van der Waals surface area contributed by atoms with Gasteiger partial charge in [0.05, 0.1) is 11.4 Å². The van der Waals surface area contributed by atoms with Gasteiger partial charge in [0.1, 0.15) is 5.82 Å². The summed E-state index contributed by atoms with van der Waals surface area (Å²) in [7, 11) is 0. The molecule has 0 spiro atoms. The van der Waals surface area contributed by atoms with Gasteiger partial charge in [-0.1, -0.05) is 152 Å². The van der Waals surface area contributed by atoms with Crippen LogP contribution < -0.4 is 4.90 Å². The maximum absolute atomic E-state index is 15.1. The van der Waals surface area contributed by atoms with Crippen LogP contribution in [0.1, 0.15) is 76.3 Å². The first-order valence-electron chi connectivity index (χ1n) is 19.4. The molecule has 8 aromatic rings. The summed E-state index contributed by atoms with van der Waals surface area (Å²) in [5.41, 5.74) is 16.5. The van der Waals surface area contributed by atoms with Crippen LogP contribution in [-0.2, 0) is 16.2 Å². The molecule has 2 aliphatic rings. The molecular weight excluding hydrogens is 690 g/mol. The van der Waals surface area contributed by atoms with E-state index in [1.54, 1.807) is 6.07 Å². The summed E-state index contributed by atoms with van der Waals surface area (Å²) < 4.78 is 17.6. The van der Waals surface area contributed by atoms with Crippen molar-refractivity contribution in [1.29, 1.82) is 0 Å². The molecule has 0 bridgehead atoms. The Balaban J connectivity index is 1.42. The highest BCUT2D eigenvalue weighted by Crippen LogP contribution is 2.66. The number of hydrogen-bond acceptors (Lipinski definition) is 2. The van der Waals surface area contributed by atoms with Crippen LogP contribution in [0.25, 0.3) is 53.6 Å². The largest absolute Gasteiger partial charge is 0.309 e. The number of halogens is 1. The van der Waals surface area contributed by atoms with E-state index in [4.69, 9.17) is 0 Å². The number of rotatable bonds is 4. The summed E-state index contributed by atoms with van der Waals surface area (Å²) in [6.45, 7) is 16.8. The van der Waals surface area contributed by atoms with Crippen molar-refractivity contribution in [2.75, 3.05) is 4.90 Å². The lowest BCUT2D eigenvalue weighted by Gasteiger charge is -2.40. The van der Waals surface area contributed by atoms with Gasteiger partial charge in [0.25, 0.3) is 0 Å². The smallest absolute Gasteiger partial charge is 0.123 e. The molecule has 0 saturated carbocycles. The maximum Gasteiger partial charge on any atom is 0.123 e. The predicted molar refractivity (Wildman–Crippen MR) is 233 cm³/mol.